The van der Waals surface area contributed by atoms with E-state index in [1.807, 2.05) is 66.7 Å². The predicted molar refractivity (Wildman–Crippen MR) is 114 cm³/mol. The van der Waals surface area contributed by atoms with Gasteiger partial charge in [-0.05, 0) is 55.5 Å². The predicted octanol–water partition coefficient (Wildman–Crippen LogP) is 5.88. The zero-order chi connectivity index (χ0) is 20.1. The van der Waals surface area contributed by atoms with E-state index in [0.717, 1.165) is 22.7 Å². The van der Waals surface area contributed by atoms with E-state index in [-0.39, 0.29) is 5.78 Å². The number of ether oxygens (including phenoxy) is 1. The Hall–Kier alpha value is -3.99. The van der Waals surface area contributed by atoms with Gasteiger partial charge in [-0.25, -0.2) is 9.97 Å². The molecule has 0 saturated heterocycles. The molecule has 3 aromatic carbocycles. The molecule has 0 unspecified atom stereocenters. The lowest BCUT2D eigenvalue weighted by atomic mass is 10.1. The van der Waals surface area contributed by atoms with Crippen molar-refractivity contribution in [3.05, 3.63) is 96.7 Å². The highest BCUT2D eigenvalue weighted by molar-refractivity contribution is 5.95. The minimum atomic E-state index is 0.0129. The van der Waals surface area contributed by atoms with Crippen molar-refractivity contribution >= 4 is 17.3 Å². The lowest BCUT2D eigenvalue weighted by Crippen LogP contribution is -1.98. The number of benzene rings is 3. The Balaban J connectivity index is 1.49. The van der Waals surface area contributed by atoms with Gasteiger partial charge in [0.05, 0.1) is 0 Å². The first-order chi connectivity index (χ1) is 14.2. The second-order valence-corrected chi connectivity index (χ2v) is 6.47. The SMILES string of the molecule is CC(=O)c1cccc(-c2nccc(Nc3ccc(Oc4ccccc4)cc3)n2)c1. The topological polar surface area (TPSA) is 64.1 Å². The van der Waals surface area contributed by atoms with Crippen molar-refractivity contribution in [1.82, 2.24) is 9.97 Å². The van der Waals surface area contributed by atoms with Crippen LogP contribution in [0, 0.1) is 0 Å². The average Bonchev–Trinajstić information content (AvgIpc) is 2.76. The minimum absolute atomic E-state index is 0.0129. The van der Waals surface area contributed by atoms with Gasteiger partial charge in [0.2, 0.25) is 0 Å². The normalized spacial score (nSPS) is 10.4. The van der Waals surface area contributed by atoms with Crippen LogP contribution in [0.4, 0.5) is 11.5 Å². The molecule has 0 spiro atoms. The van der Waals surface area contributed by atoms with E-state index in [0.29, 0.717) is 17.2 Å². The lowest BCUT2D eigenvalue weighted by molar-refractivity contribution is 0.101. The first kappa shape index (κ1) is 18.4. The number of anilines is 2. The number of aromatic nitrogens is 2. The van der Waals surface area contributed by atoms with Gasteiger partial charge in [0.1, 0.15) is 17.3 Å². The van der Waals surface area contributed by atoms with Crippen LogP contribution in [0.5, 0.6) is 11.5 Å². The number of Topliss-reactive ketones (excluding diaryl/α,β-unsaturated/α-hetero) is 1. The molecule has 0 amide bonds. The molecular formula is C24H19N3O2. The van der Waals surface area contributed by atoms with Crippen molar-refractivity contribution in [3.8, 4) is 22.9 Å². The number of nitrogens with zero attached hydrogens (tertiary/aromatic N) is 2. The summed E-state index contributed by atoms with van der Waals surface area (Å²) in [4.78, 5) is 20.5. The molecule has 4 aromatic rings. The van der Waals surface area contributed by atoms with Crippen molar-refractivity contribution in [3.63, 3.8) is 0 Å². The first-order valence-electron chi connectivity index (χ1n) is 9.22. The molecule has 5 heteroatoms. The molecule has 1 N–H and O–H groups in total. The molecule has 29 heavy (non-hydrogen) atoms. The number of rotatable bonds is 6. The fraction of sp³-hybridized carbons (Fsp3) is 0.0417. The molecule has 4 rings (SSSR count). The van der Waals surface area contributed by atoms with Crippen molar-refractivity contribution in [2.45, 2.75) is 6.92 Å². The van der Waals surface area contributed by atoms with E-state index in [4.69, 9.17) is 4.74 Å². The summed E-state index contributed by atoms with van der Waals surface area (Å²) in [7, 11) is 0. The second kappa shape index (κ2) is 8.35. The maximum atomic E-state index is 11.6. The summed E-state index contributed by atoms with van der Waals surface area (Å²) in [5, 5.41) is 3.27. The molecule has 5 nitrogen and oxygen atoms in total. The number of ketones is 1. The molecule has 0 aliphatic carbocycles. The number of carbonyl (C=O) groups excluding carboxylic acids is 1. The summed E-state index contributed by atoms with van der Waals surface area (Å²) in [5.74, 6) is 2.79. The van der Waals surface area contributed by atoms with E-state index >= 15 is 0 Å². The summed E-state index contributed by atoms with van der Waals surface area (Å²) < 4.78 is 5.81. The molecule has 0 saturated carbocycles. The van der Waals surface area contributed by atoms with Gasteiger partial charge in [-0.2, -0.15) is 0 Å². The van der Waals surface area contributed by atoms with E-state index < -0.39 is 0 Å². The van der Waals surface area contributed by atoms with Crippen LogP contribution in [0.15, 0.2) is 91.1 Å². The summed E-state index contributed by atoms with van der Waals surface area (Å²) in [6.45, 7) is 1.54. The largest absolute Gasteiger partial charge is 0.457 e. The monoisotopic (exact) mass is 381 g/mol. The highest BCUT2D eigenvalue weighted by atomic mass is 16.5. The molecule has 0 atom stereocenters. The maximum absolute atomic E-state index is 11.6. The lowest BCUT2D eigenvalue weighted by Gasteiger charge is -2.09. The van der Waals surface area contributed by atoms with Crippen LogP contribution >= 0.6 is 0 Å². The Bertz CT molecular complexity index is 1130. The van der Waals surface area contributed by atoms with Crippen LogP contribution in [0.3, 0.4) is 0 Å². The van der Waals surface area contributed by atoms with Gasteiger partial charge in [0.25, 0.3) is 0 Å². The van der Waals surface area contributed by atoms with Crippen LogP contribution in [0.1, 0.15) is 17.3 Å². The first-order valence-corrected chi connectivity index (χ1v) is 9.22. The molecule has 0 aliphatic rings. The summed E-state index contributed by atoms with van der Waals surface area (Å²) >= 11 is 0. The fourth-order valence-corrected chi connectivity index (χ4v) is 2.82. The van der Waals surface area contributed by atoms with E-state index in [1.165, 1.54) is 0 Å². The maximum Gasteiger partial charge on any atom is 0.161 e. The van der Waals surface area contributed by atoms with E-state index in [9.17, 15) is 4.79 Å². The van der Waals surface area contributed by atoms with Crippen LogP contribution in [-0.2, 0) is 0 Å². The third-order valence-corrected chi connectivity index (χ3v) is 4.29. The van der Waals surface area contributed by atoms with Gasteiger partial charge in [0, 0.05) is 23.0 Å². The van der Waals surface area contributed by atoms with E-state index in [2.05, 4.69) is 15.3 Å². The molecular weight excluding hydrogens is 362 g/mol. The van der Waals surface area contributed by atoms with Crippen molar-refractivity contribution in [2.75, 3.05) is 5.32 Å². The third-order valence-electron chi connectivity index (χ3n) is 4.29. The third kappa shape index (κ3) is 4.65. The zero-order valence-electron chi connectivity index (χ0n) is 15.9. The highest BCUT2D eigenvalue weighted by Crippen LogP contribution is 2.25. The summed E-state index contributed by atoms with van der Waals surface area (Å²) in [6, 6.07) is 26.4. The molecule has 0 bridgehead atoms. The molecule has 0 aliphatic heterocycles. The van der Waals surface area contributed by atoms with Crippen LogP contribution < -0.4 is 10.1 Å². The number of nitrogens with one attached hydrogen (secondary N) is 1. The Labute approximate surface area is 169 Å². The smallest absolute Gasteiger partial charge is 0.161 e. The zero-order valence-corrected chi connectivity index (χ0v) is 15.9. The van der Waals surface area contributed by atoms with Crippen molar-refractivity contribution < 1.29 is 9.53 Å². The van der Waals surface area contributed by atoms with Crippen LogP contribution in [-0.4, -0.2) is 15.8 Å². The Morgan fingerprint density at radius 1 is 0.862 bits per heavy atom. The van der Waals surface area contributed by atoms with Gasteiger partial charge in [-0.3, -0.25) is 4.79 Å². The number of hydrogen-bond acceptors (Lipinski definition) is 5. The Kier molecular flexibility index (Phi) is 5.29. The van der Waals surface area contributed by atoms with Crippen LogP contribution in [0.25, 0.3) is 11.4 Å². The van der Waals surface area contributed by atoms with Gasteiger partial charge in [0.15, 0.2) is 11.6 Å². The molecule has 142 valence electrons. The van der Waals surface area contributed by atoms with Crippen molar-refractivity contribution in [2.24, 2.45) is 0 Å². The number of para-hydroxylation sites is 1. The number of hydrogen-bond donors (Lipinski definition) is 1. The summed E-state index contributed by atoms with van der Waals surface area (Å²) in [6.07, 6.45) is 1.69. The average molecular weight is 381 g/mol. The Morgan fingerprint density at radius 3 is 2.38 bits per heavy atom. The Morgan fingerprint density at radius 2 is 1.62 bits per heavy atom. The molecule has 0 radical (unpaired) electrons. The fourth-order valence-electron chi connectivity index (χ4n) is 2.82. The van der Waals surface area contributed by atoms with Gasteiger partial charge in [-0.15, -0.1) is 0 Å². The summed E-state index contributed by atoms with van der Waals surface area (Å²) in [5.41, 5.74) is 2.32. The molecule has 0 fully saturated rings. The second-order valence-electron chi connectivity index (χ2n) is 6.47. The standard InChI is InChI=1S/C24H19N3O2/c1-17(28)18-6-5-7-19(16-18)24-25-15-14-23(27-24)26-20-10-12-22(13-11-20)29-21-8-3-2-4-9-21/h2-16H,1H3,(H,25,26,27). The minimum Gasteiger partial charge on any atom is -0.457 e. The van der Waals surface area contributed by atoms with Gasteiger partial charge >= 0.3 is 0 Å². The molecule has 1 heterocycles. The quantitative estimate of drug-likeness (QED) is 0.422. The highest BCUT2D eigenvalue weighted by Gasteiger charge is 2.06. The van der Waals surface area contributed by atoms with Gasteiger partial charge in [-0.1, -0.05) is 36.4 Å². The van der Waals surface area contributed by atoms with Gasteiger partial charge < -0.3 is 10.1 Å². The number of carbonyl (C=O) groups is 1. The molecule has 1 aromatic heterocycles. The van der Waals surface area contributed by atoms with E-state index in [1.54, 1.807) is 31.3 Å². The van der Waals surface area contributed by atoms with Crippen LogP contribution in [0.2, 0.25) is 0 Å². The van der Waals surface area contributed by atoms with Crippen molar-refractivity contribution in [1.29, 1.82) is 0 Å².